The first-order chi connectivity index (χ1) is 7.77. The topological polar surface area (TPSA) is 17.1 Å². The summed E-state index contributed by atoms with van der Waals surface area (Å²) in [6.07, 6.45) is -4.08. The lowest BCUT2D eigenvalue weighted by Crippen LogP contribution is -2.11. The lowest BCUT2D eigenvalue weighted by Gasteiger charge is -2.15. The zero-order valence-electron chi connectivity index (χ0n) is 9.44. The molecule has 5 heteroatoms. The quantitative estimate of drug-likeness (QED) is 0.761. The monoisotopic (exact) mass is 308 g/mol. The normalized spacial score (nSPS) is 13.5. The fraction of sp³-hybridized carbons (Fsp3) is 0.417. The molecule has 0 N–H and O–H groups in total. The summed E-state index contributed by atoms with van der Waals surface area (Å²) in [6.45, 7) is 3.00. The fourth-order valence-electron chi connectivity index (χ4n) is 1.56. The van der Waals surface area contributed by atoms with Crippen molar-refractivity contribution >= 4 is 21.7 Å². The molecule has 0 aliphatic heterocycles. The maximum Gasteiger partial charge on any atom is 0.416 e. The number of rotatable bonds is 3. The van der Waals surface area contributed by atoms with Gasteiger partial charge in [0, 0.05) is 0 Å². The Labute approximate surface area is 106 Å². The first-order valence-electron chi connectivity index (χ1n) is 5.12. The van der Waals surface area contributed by atoms with Gasteiger partial charge < -0.3 is 0 Å². The van der Waals surface area contributed by atoms with E-state index in [0.717, 1.165) is 6.07 Å². The van der Waals surface area contributed by atoms with Gasteiger partial charge in [0.25, 0.3) is 0 Å². The summed E-state index contributed by atoms with van der Waals surface area (Å²) >= 11 is 3.08. The van der Waals surface area contributed by atoms with Crippen LogP contribution in [0.4, 0.5) is 13.2 Å². The molecular weight excluding hydrogens is 297 g/mol. The highest BCUT2D eigenvalue weighted by Gasteiger charge is 2.33. The van der Waals surface area contributed by atoms with E-state index in [2.05, 4.69) is 15.9 Å². The Kier molecular flexibility index (Phi) is 4.36. The van der Waals surface area contributed by atoms with E-state index in [9.17, 15) is 18.0 Å². The molecule has 0 saturated heterocycles. The van der Waals surface area contributed by atoms with Gasteiger partial charge in [0.2, 0.25) is 0 Å². The third-order valence-corrected chi connectivity index (χ3v) is 3.64. The van der Waals surface area contributed by atoms with Gasteiger partial charge in [-0.2, -0.15) is 13.2 Å². The van der Waals surface area contributed by atoms with E-state index >= 15 is 0 Å². The van der Waals surface area contributed by atoms with Crippen molar-refractivity contribution in [3.8, 4) is 0 Å². The van der Waals surface area contributed by atoms with E-state index in [1.165, 1.54) is 13.0 Å². The van der Waals surface area contributed by atoms with Gasteiger partial charge in [0.15, 0.2) is 0 Å². The Morgan fingerprint density at radius 3 is 2.41 bits per heavy atom. The van der Waals surface area contributed by atoms with Gasteiger partial charge in [-0.3, -0.25) is 4.79 Å². The van der Waals surface area contributed by atoms with E-state index in [4.69, 9.17) is 0 Å². The van der Waals surface area contributed by atoms with Gasteiger partial charge in [0.1, 0.15) is 5.78 Å². The van der Waals surface area contributed by atoms with Gasteiger partial charge in [-0.15, -0.1) is 0 Å². The number of ketones is 1. The van der Waals surface area contributed by atoms with Crippen molar-refractivity contribution < 1.29 is 18.0 Å². The van der Waals surface area contributed by atoms with Gasteiger partial charge in [0.05, 0.1) is 10.4 Å². The van der Waals surface area contributed by atoms with Gasteiger partial charge >= 0.3 is 6.18 Å². The second-order valence-corrected chi connectivity index (χ2v) is 4.66. The Hall–Kier alpha value is -0.840. The van der Waals surface area contributed by atoms with Crippen LogP contribution < -0.4 is 0 Å². The predicted octanol–water partition coefficient (Wildman–Crippen LogP) is 4.29. The number of Topliss-reactive ketones (excluding diaryl/α,β-unsaturated/α-hetero) is 1. The third kappa shape index (κ3) is 3.31. The molecular formula is C12H12BrF3O. The maximum atomic E-state index is 12.8. The van der Waals surface area contributed by atoms with E-state index < -0.39 is 16.6 Å². The SMILES string of the molecule is CCc1ccc(C(Br)C(C)=O)cc1C(F)(F)F. The van der Waals surface area contributed by atoms with Gasteiger partial charge in [-0.1, -0.05) is 35.0 Å². The van der Waals surface area contributed by atoms with Crippen molar-refractivity contribution in [2.45, 2.75) is 31.3 Å². The minimum Gasteiger partial charge on any atom is -0.298 e. The molecule has 17 heavy (non-hydrogen) atoms. The maximum absolute atomic E-state index is 12.8. The summed E-state index contributed by atoms with van der Waals surface area (Å²) in [7, 11) is 0. The molecule has 0 aliphatic rings. The molecule has 0 amide bonds. The molecule has 1 nitrogen and oxygen atoms in total. The average molecular weight is 309 g/mol. The lowest BCUT2D eigenvalue weighted by atomic mass is 9.99. The molecule has 0 aromatic heterocycles. The number of benzene rings is 1. The molecule has 0 heterocycles. The Balaban J connectivity index is 3.27. The number of carbonyl (C=O) groups excluding carboxylic acids is 1. The van der Waals surface area contributed by atoms with Crippen LogP contribution in [0.25, 0.3) is 0 Å². The van der Waals surface area contributed by atoms with E-state index in [0.29, 0.717) is 12.0 Å². The summed E-state index contributed by atoms with van der Waals surface area (Å²) in [5.41, 5.74) is -0.0882. The van der Waals surface area contributed by atoms with Crippen LogP contribution in [-0.2, 0) is 17.4 Å². The Morgan fingerprint density at radius 1 is 1.41 bits per heavy atom. The third-order valence-electron chi connectivity index (χ3n) is 2.47. The van der Waals surface area contributed by atoms with Crippen LogP contribution in [0, 0.1) is 0 Å². The number of hydrogen-bond donors (Lipinski definition) is 0. The van der Waals surface area contributed by atoms with E-state index in [1.54, 1.807) is 13.0 Å². The molecule has 1 aromatic rings. The van der Waals surface area contributed by atoms with Crippen LogP contribution in [0.2, 0.25) is 0 Å². The number of hydrogen-bond acceptors (Lipinski definition) is 1. The summed E-state index contributed by atoms with van der Waals surface area (Å²) in [5.74, 6) is -0.220. The van der Waals surface area contributed by atoms with Crippen molar-refractivity contribution in [1.82, 2.24) is 0 Å². The van der Waals surface area contributed by atoms with Crippen molar-refractivity contribution in [3.05, 3.63) is 34.9 Å². The molecule has 0 aliphatic carbocycles. The predicted molar refractivity (Wildman–Crippen MR) is 63.2 cm³/mol. The molecule has 0 fully saturated rings. The zero-order valence-corrected chi connectivity index (χ0v) is 11.0. The van der Waals surface area contributed by atoms with Crippen molar-refractivity contribution in [2.24, 2.45) is 0 Å². The molecule has 0 spiro atoms. The van der Waals surface area contributed by atoms with Crippen molar-refractivity contribution in [3.63, 3.8) is 0 Å². The van der Waals surface area contributed by atoms with Crippen LogP contribution in [0.1, 0.15) is 35.4 Å². The van der Waals surface area contributed by atoms with Crippen molar-refractivity contribution in [2.75, 3.05) is 0 Å². The lowest BCUT2D eigenvalue weighted by molar-refractivity contribution is -0.138. The first kappa shape index (κ1) is 14.2. The molecule has 1 unspecified atom stereocenters. The minimum absolute atomic E-state index is 0.220. The number of halogens is 4. The Bertz CT molecular complexity index is 426. The highest BCUT2D eigenvalue weighted by atomic mass is 79.9. The summed E-state index contributed by atoms with van der Waals surface area (Å²) in [5, 5.41) is 0. The molecule has 1 atom stereocenters. The fourth-order valence-corrected chi connectivity index (χ4v) is 1.84. The number of carbonyl (C=O) groups is 1. The van der Waals surface area contributed by atoms with Crippen LogP contribution in [0.5, 0.6) is 0 Å². The van der Waals surface area contributed by atoms with Crippen molar-refractivity contribution in [1.29, 1.82) is 0 Å². The molecule has 0 saturated carbocycles. The van der Waals surface area contributed by atoms with Crippen LogP contribution >= 0.6 is 15.9 Å². The Morgan fingerprint density at radius 2 is 2.00 bits per heavy atom. The molecule has 94 valence electrons. The van der Waals surface area contributed by atoms with Crippen LogP contribution in [-0.4, -0.2) is 5.78 Å². The second-order valence-electron chi connectivity index (χ2n) is 3.74. The van der Waals surface area contributed by atoms with Crippen LogP contribution in [0.3, 0.4) is 0 Å². The number of alkyl halides is 4. The molecule has 0 radical (unpaired) electrons. The molecule has 0 bridgehead atoms. The highest BCUT2D eigenvalue weighted by molar-refractivity contribution is 9.09. The van der Waals surface area contributed by atoms with Gasteiger partial charge in [-0.05, 0) is 30.5 Å². The summed E-state index contributed by atoms with van der Waals surface area (Å²) in [6, 6.07) is 4.02. The highest BCUT2D eigenvalue weighted by Crippen LogP contribution is 2.35. The average Bonchev–Trinajstić information content (AvgIpc) is 2.25. The van der Waals surface area contributed by atoms with Gasteiger partial charge in [-0.25, -0.2) is 0 Å². The van der Waals surface area contributed by atoms with Crippen LogP contribution in [0.15, 0.2) is 18.2 Å². The van der Waals surface area contributed by atoms with E-state index in [-0.39, 0.29) is 11.3 Å². The molecule has 1 aromatic carbocycles. The second kappa shape index (κ2) is 5.21. The zero-order chi connectivity index (χ0) is 13.2. The standard InChI is InChI=1S/C12H12BrF3O/c1-3-8-4-5-9(11(13)7(2)17)6-10(8)12(14,15)16/h4-6,11H,3H2,1-2H3. The largest absolute Gasteiger partial charge is 0.416 e. The number of aryl methyl sites for hydroxylation is 1. The minimum atomic E-state index is -4.38. The smallest absolute Gasteiger partial charge is 0.298 e. The molecule has 1 rings (SSSR count). The summed E-state index contributed by atoms with van der Waals surface area (Å²) in [4.78, 5) is 10.4. The first-order valence-corrected chi connectivity index (χ1v) is 6.03. The summed E-state index contributed by atoms with van der Waals surface area (Å²) < 4.78 is 38.3. The van der Waals surface area contributed by atoms with E-state index in [1.807, 2.05) is 0 Å².